The van der Waals surface area contributed by atoms with Crippen molar-refractivity contribution in [2.24, 2.45) is 4.99 Å². The van der Waals surface area contributed by atoms with Gasteiger partial charge in [-0.15, -0.1) is 0 Å². The summed E-state index contributed by atoms with van der Waals surface area (Å²) >= 11 is 0. The van der Waals surface area contributed by atoms with E-state index in [4.69, 9.17) is 19.2 Å². The molecule has 0 aliphatic carbocycles. The van der Waals surface area contributed by atoms with Gasteiger partial charge in [-0.1, -0.05) is 12.1 Å². The molecule has 196 valence electrons. The van der Waals surface area contributed by atoms with Crippen LogP contribution in [0.5, 0.6) is 11.5 Å². The van der Waals surface area contributed by atoms with E-state index >= 15 is 0 Å². The highest BCUT2D eigenvalue weighted by atomic mass is 19.1. The number of hydrogen-bond acceptors (Lipinski definition) is 6. The summed E-state index contributed by atoms with van der Waals surface area (Å²) in [7, 11) is 3.02. The van der Waals surface area contributed by atoms with Crippen LogP contribution in [0.25, 0.3) is 11.1 Å². The Bertz CT molecular complexity index is 1190. The number of aliphatic imine (C=N–C) groups is 1. The van der Waals surface area contributed by atoms with Gasteiger partial charge in [-0.2, -0.15) is 5.26 Å². The van der Waals surface area contributed by atoms with Gasteiger partial charge in [0.05, 0.1) is 38.7 Å². The molecule has 2 aliphatic heterocycles. The van der Waals surface area contributed by atoms with Crippen molar-refractivity contribution in [2.45, 2.75) is 13.3 Å². The second-order valence-corrected chi connectivity index (χ2v) is 8.87. The smallest absolute Gasteiger partial charge is 0.320 e. The van der Waals surface area contributed by atoms with Crippen LogP contribution >= 0.6 is 0 Å². The molecule has 10 heteroatoms. The molecule has 2 aliphatic rings. The lowest BCUT2D eigenvalue weighted by molar-refractivity contribution is 0.0437. The highest BCUT2D eigenvalue weighted by Gasteiger charge is 2.26. The number of carbonyl (C=O) groups excluding carboxylic acids is 1. The van der Waals surface area contributed by atoms with Crippen LogP contribution in [0.1, 0.15) is 18.9 Å². The van der Waals surface area contributed by atoms with Gasteiger partial charge in [0.1, 0.15) is 17.7 Å². The zero-order chi connectivity index (χ0) is 26.4. The van der Waals surface area contributed by atoms with Gasteiger partial charge in [0.25, 0.3) is 0 Å². The van der Waals surface area contributed by atoms with E-state index in [1.807, 2.05) is 16.7 Å². The van der Waals surface area contributed by atoms with Crippen LogP contribution in [0.3, 0.4) is 0 Å². The molecule has 2 aromatic rings. The minimum atomic E-state index is -0.375. The van der Waals surface area contributed by atoms with E-state index in [1.165, 1.54) is 26.4 Å². The Kier molecular flexibility index (Phi) is 8.46. The minimum Gasteiger partial charge on any atom is -0.493 e. The summed E-state index contributed by atoms with van der Waals surface area (Å²) in [6.07, 6.45) is 0.806. The van der Waals surface area contributed by atoms with Crippen molar-refractivity contribution in [1.82, 2.24) is 14.7 Å². The third-order valence-electron chi connectivity index (χ3n) is 6.68. The lowest BCUT2D eigenvalue weighted by Crippen LogP contribution is -2.49. The maximum absolute atomic E-state index is 13.6. The summed E-state index contributed by atoms with van der Waals surface area (Å²) in [5.41, 5.74) is 1.86. The first-order valence-corrected chi connectivity index (χ1v) is 12.3. The molecule has 2 amide bonds. The fraction of sp³-hybridized carbons (Fsp3) is 0.444. The van der Waals surface area contributed by atoms with Gasteiger partial charge in [0, 0.05) is 50.9 Å². The zero-order valence-corrected chi connectivity index (χ0v) is 21.5. The summed E-state index contributed by atoms with van der Waals surface area (Å²) in [5, 5.41) is 10.1. The zero-order valence-electron chi connectivity index (χ0n) is 21.5. The van der Waals surface area contributed by atoms with Crippen molar-refractivity contribution in [3.63, 3.8) is 0 Å². The number of hydrogen-bond donors (Lipinski definition) is 0. The molecule has 37 heavy (non-hydrogen) atoms. The Hall–Kier alpha value is -3.84. The van der Waals surface area contributed by atoms with Crippen LogP contribution in [0.2, 0.25) is 0 Å². The Morgan fingerprint density at radius 2 is 1.65 bits per heavy atom. The van der Waals surface area contributed by atoms with Crippen molar-refractivity contribution in [3.8, 4) is 28.7 Å². The predicted molar refractivity (Wildman–Crippen MR) is 138 cm³/mol. The van der Waals surface area contributed by atoms with E-state index in [1.54, 1.807) is 18.2 Å². The van der Waals surface area contributed by atoms with E-state index in [2.05, 4.69) is 11.0 Å². The molecule has 0 atom stereocenters. The monoisotopic (exact) mass is 509 g/mol. The number of halogens is 1. The number of amides is 2. The fourth-order valence-electron chi connectivity index (χ4n) is 4.71. The van der Waals surface area contributed by atoms with Gasteiger partial charge in [-0.25, -0.2) is 14.2 Å². The molecule has 0 aromatic heterocycles. The van der Waals surface area contributed by atoms with Crippen LogP contribution in [0.15, 0.2) is 35.3 Å². The van der Waals surface area contributed by atoms with Crippen molar-refractivity contribution in [2.75, 3.05) is 66.7 Å². The Labute approximate surface area is 216 Å². The van der Waals surface area contributed by atoms with Gasteiger partial charge < -0.3 is 28.9 Å². The number of amidine groups is 1. The molecule has 0 N–H and O–H groups in total. The number of nitriles is 1. The molecular weight excluding hydrogens is 477 g/mol. The van der Waals surface area contributed by atoms with Crippen molar-refractivity contribution >= 4 is 17.6 Å². The second-order valence-electron chi connectivity index (χ2n) is 8.87. The SMILES string of the molecule is COc1cc(N=C(C)N2CCCN(C(=O)N3CCOCC3)CC2)c(C#N)c(-c2ccc(F)cc2)c1OC. The maximum Gasteiger partial charge on any atom is 0.320 e. The summed E-state index contributed by atoms with van der Waals surface area (Å²) in [6.45, 7) is 6.91. The summed E-state index contributed by atoms with van der Waals surface area (Å²) < 4.78 is 30.1. The van der Waals surface area contributed by atoms with E-state index in [-0.39, 0.29) is 11.8 Å². The van der Waals surface area contributed by atoms with Crippen LogP contribution in [0.4, 0.5) is 14.9 Å². The number of carbonyl (C=O) groups is 1. The lowest BCUT2D eigenvalue weighted by Gasteiger charge is -2.32. The first kappa shape index (κ1) is 26.2. The largest absolute Gasteiger partial charge is 0.493 e. The number of benzene rings is 2. The molecule has 2 heterocycles. The lowest BCUT2D eigenvalue weighted by atomic mass is 9.97. The second kappa shape index (κ2) is 11.9. The number of urea groups is 1. The van der Waals surface area contributed by atoms with E-state index in [0.29, 0.717) is 79.8 Å². The quantitative estimate of drug-likeness (QED) is 0.459. The van der Waals surface area contributed by atoms with Crippen LogP contribution in [0, 0.1) is 17.1 Å². The number of morpholine rings is 1. The summed E-state index contributed by atoms with van der Waals surface area (Å²) in [6, 6.07) is 9.87. The maximum atomic E-state index is 13.6. The van der Waals surface area contributed by atoms with E-state index in [0.717, 1.165) is 18.8 Å². The molecule has 4 rings (SSSR count). The topological polar surface area (TPSA) is 90.6 Å². The molecule has 2 saturated heterocycles. The standard InChI is InChI=1S/C27H32FN5O4/c1-19(31-9-4-10-32(12-11-31)27(34)33-13-15-37-16-14-33)30-23-17-24(35-2)26(36-3)25(22(23)18-29)20-5-7-21(28)8-6-20/h5-8,17H,4,9-16H2,1-3H3. The van der Waals surface area contributed by atoms with Crippen molar-refractivity contribution in [3.05, 3.63) is 41.7 Å². The Morgan fingerprint density at radius 3 is 2.30 bits per heavy atom. The van der Waals surface area contributed by atoms with E-state index in [9.17, 15) is 14.4 Å². The van der Waals surface area contributed by atoms with Gasteiger partial charge in [0.15, 0.2) is 11.5 Å². The molecule has 2 fully saturated rings. The molecule has 0 saturated carbocycles. The number of nitrogens with zero attached hydrogens (tertiary/aromatic N) is 5. The van der Waals surface area contributed by atoms with Crippen LogP contribution < -0.4 is 9.47 Å². The van der Waals surface area contributed by atoms with Gasteiger partial charge in [-0.3, -0.25) is 0 Å². The molecule has 2 aromatic carbocycles. The third-order valence-corrected chi connectivity index (χ3v) is 6.68. The number of ether oxygens (including phenoxy) is 3. The summed E-state index contributed by atoms with van der Waals surface area (Å²) in [4.78, 5) is 23.6. The normalized spacial score (nSPS) is 16.7. The Balaban J connectivity index is 1.62. The van der Waals surface area contributed by atoms with E-state index < -0.39 is 0 Å². The van der Waals surface area contributed by atoms with Gasteiger partial charge in [-0.05, 0) is 31.0 Å². The van der Waals surface area contributed by atoms with Crippen molar-refractivity contribution < 1.29 is 23.4 Å². The van der Waals surface area contributed by atoms with Crippen molar-refractivity contribution in [1.29, 1.82) is 5.26 Å². The minimum absolute atomic E-state index is 0.0512. The molecule has 0 unspecified atom stereocenters. The molecular formula is C27H32FN5O4. The number of methoxy groups -OCH3 is 2. The average molecular weight is 510 g/mol. The number of rotatable bonds is 4. The van der Waals surface area contributed by atoms with Crippen LogP contribution in [-0.2, 0) is 4.74 Å². The highest BCUT2D eigenvalue weighted by molar-refractivity contribution is 5.89. The molecule has 0 spiro atoms. The first-order chi connectivity index (χ1) is 18.0. The predicted octanol–water partition coefficient (Wildman–Crippen LogP) is 3.89. The fourth-order valence-corrected chi connectivity index (χ4v) is 4.71. The van der Waals surface area contributed by atoms with Crippen LogP contribution in [-0.4, -0.2) is 93.3 Å². The third kappa shape index (κ3) is 5.78. The summed E-state index contributed by atoms with van der Waals surface area (Å²) in [5.74, 6) is 1.16. The van der Waals surface area contributed by atoms with Gasteiger partial charge in [0.2, 0.25) is 0 Å². The Morgan fingerprint density at radius 1 is 1.00 bits per heavy atom. The average Bonchev–Trinajstić information content (AvgIpc) is 3.19. The highest BCUT2D eigenvalue weighted by Crippen LogP contribution is 2.45. The molecule has 0 radical (unpaired) electrons. The first-order valence-electron chi connectivity index (χ1n) is 12.3. The van der Waals surface area contributed by atoms with Gasteiger partial charge >= 0.3 is 6.03 Å². The molecule has 9 nitrogen and oxygen atoms in total. The molecule has 0 bridgehead atoms.